The van der Waals surface area contributed by atoms with Gasteiger partial charge in [-0.1, -0.05) is 13.8 Å². The molecule has 16 heavy (non-hydrogen) atoms. The van der Waals surface area contributed by atoms with E-state index in [1.165, 1.54) is 7.11 Å². The quantitative estimate of drug-likeness (QED) is 0.793. The van der Waals surface area contributed by atoms with E-state index in [-0.39, 0.29) is 11.1 Å². The van der Waals surface area contributed by atoms with Crippen LogP contribution in [-0.2, 0) is 17.6 Å². The maximum absolute atomic E-state index is 11.5. The van der Waals surface area contributed by atoms with E-state index in [1.54, 1.807) is 13.8 Å². The fraction of sp³-hybridized carbons (Fsp3) is 0.455. The van der Waals surface area contributed by atoms with Crippen molar-refractivity contribution in [3.63, 3.8) is 0 Å². The maximum atomic E-state index is 11.5. The van der Waals surface area contributed by atoms with E-state index >= 15 is 0 Å². The van der Waals surface area contributed by atoms with Gasteiger partial charge in [-0.15, -0.1) is 0 Å². The molecule has 0 unspecified atom stereocenters. The molecule has 0 radical (unpaired) electrons. The zero-order valence-electron chi connectivity index (χ0n) is 9.49. The lowest BCUT2D eigenvalue weighted by Gasteiger charge is -1.99. The lowest BCUT2D eigenvalue weighted by atomic mass is 10.1. The predicted octanol–water partition coefficient (Wildman–Crippen LogP) is 1.89. The molecule has 0 fully saturated rings. The van der Waals surface area contributed by atoms with E-state index in [0.717, 1.165) is 0 Å². The number of aromatic carboxylic acids is 1. The first-order valence-electron chi connectivity index (χ1n) is 5.02. The molecule has 0 aromatic carbocycles. The Hall–Kier alpha value is -1.78. The molecule has 5 nitrogen and oxygen atoms in total. The van der Waals surface area contributed by atoms with E-state index < -0.39 is 11.9 Å². The fourth-order valence-corrected chi connectivity index (χ4v) is 1.57. The molecule has 5 heteroatoms. The molecule has 1 heterocycles. The topological polar surface area (TPSA) is 76.7 Å². The first kappa shape index (κ1) is 12.3. The minimum atomic E-state index is -1.17. The van der Waals surface area contributed by atoms with Crippen molar-refractivity contribution in [2.24, 2.45) is 0 Å². The lowest BCUT2D eigenvalue weighted by molar-refractivity contribution is 0.0581. The van der Waals surface area contributed by atoms with E-state index in [9.17, 15) is 9.59 Å². The van der Waals surface area contributed by atoms with Crippen molar-refractivity contribution in [3.05, 3.63) is 22.6 Å². The summed E-state index contributed by atoms with van der Waals surface area (Å²) >= 11 is 0. The third-order valence-corrected chi connectivity index (χ3v) is 2.30. The molecule has 0 aliphatic rings. The molecule has 0 saturated heterocycles. The molecule has 0 amide bonds. The number of carbonyl (C=O) groups is 2. The van der Waals surface area contributed by atoms with Crippen LogP contribution in [0.15, 0.2) is 4.42 Å². The molecule has 0 aliphatic carbocycles. The Labute approximate surface area is 93.0 Å². The van der Waals surface area contributed by atoms with Crippen LogP contribution in [0.2, 0.25) is 0 Å². The van der Waals surface area contributed by atoms with Gasteiger partial charge < -0.3 is 14.3 Å². The largest absolute Gasteiger partial charge is 0.478 e. The van der Waals surface area contributed by atoms with Gasteiger partial charge in [0.2, 0.25) is 0 Å². The lowest BCUT2D eigenvalue weighted by Crippen LogP contribution is -2.10. The zero-order chi connectivity index (χ0) is 12.3. The summed E-state index contributed by atoms with van der Waals surface area (Å²) in [6.45, 7) is 3.56. The van der Waals surface area contributed by atoms with Crippen LogP contribution < -0.4 is 0 Å². The van der Waals surface area contributed by atoms with E-state index in [4.69, 9.17) is 9.52 Å². The number of hydrogen-bond donors (Lipinski definition) is 1. The minimum absolute atomic E-state index is 0.0364. The Morgan fingerprint density at radius 1 is 1.19 bits per heavy atom. The van der Waals surface area contributed by atoms with Crippen LogP contribution in [0.1, 0.15) is 46.1 Å². The number of furan rings is 1. The van der Waals surface area contributed by atoms with Gasteiger partial charge in [0.25, 0.3) is 0 Å². The Morgan fingerprint density at radius 2 is 1.69 bits per heavy atom. The van der Waals surface area contributed by atoms with Crippen molar-refractivity contribution >= 4 is 11.9 Å². The Morgan fingerprint density at radius 3 is 2.06 bits per heavy atom. The van der Waals surface area contributed by atoms with Gasteiger partial charge in [-0.2, -0.15) is 0 Å². The first-order valence-corrected chi connectivity index (χ1v) is 5.02. The molecule has 0 aliphatic heterocycles. The highest BCUT2D eigenvalue weighted by Gasteiger charge is 2.28. The zero-order valence-corrected chi connectivity index (χ0v) is 9.49. The Bertz CT molecular complexity index is 416. The number of ether oxygens (including phenoxy) is 1. The number of carbonyl (C=O) groups excluding carboxylic acids is 1. The van der Waals surface area contributed by atoms with Crippen molar-refractivity contribution in [3.8, 4) is 0 Å². The second-order valence-corrected chi connectivity index (χ2v) is 3.20. The summed E-state index contributed by atoms with van der Waals surface area (Å²) in [5.41, 5.74) is -0.0412. The summed E-state index contributed by atoms with van der Waals surface area (Å²) in [6.07, 6.45) is 0.871. The van der Waals surface area contributed by atoms with E-state index in [0.29, 0.717) is 24.4 Å². The van der Waals surface area contributed by atoms with Crippen LogP contribution in [0.4, 0.5) is 0 Å². The number of rotatable bonds is 4. The van der Waals surface area contributed by atoms with Gasteiger partial charge in [0.05, 0.1) is 7.11 Å². The standard InChI is InChI=1S/C11H14O5/c1-4-6-8(10(12)13)9(11(14)15-3)7(5-2)16-6/h4-5H2,1-3H3,(H,12,13). The Kier molecular flexibility index (Phi) is 3.71. The van der Waals surface area contributed by atoms with Gasteiger partial charge >= 0.3 is 11.9 Å². The maximum Gasteiger partial charge on any atom is 0.342 e. The van der Waals surface area contributed by atoms with Crippen LogP contribution in [-0.4, -0.2) is 24.2 Å². The van der Waals surface area contributed by atoms with Crippen LogP contribution >= 0.6 is 0 Å². The monoisotopic (exact) mass is 226 g/mol. The van der Waals surface area contributed by atoms with Crippen LogP contribution in [0.25, 0.3) is 0 Å². The summed E-state index contributed by atoms with van der Waals surface area (Å²) in [5.74, 6) is -1.16. The number of hydrogen-bond acceptors (Lipinski definition) is 4. The smallest absolute Gasteiger partial charge is 0.342 e. The summed E-state index contributed by atoms with van der Waals surface area (Å²) < 4.78 is 9.91. The van der Waals surface area contributed by atoms with Gasteiger partial charge in [0, 0.05) is 12.8 Å². The third kappa shape index (κ3) is 1.93. The first-order chi connectivity index (χ1) is 7.56. The van der Waals surface area contributed by atoms with Gasteiger partial charge in [-0.25, -0.2) is 9.59 Å². The highest BCUT2D eigenvalue weighted by Crippen LogP contribution is 2.25. The van der Waals surface area contributed by atoms with E-state index in [1.807, 2.05) is 0 Å². The molecular weight excluding hydrogens is 212 g/mol. The SMILES string of the molecule is CCc1oc(CC)c(C(=O)OC)c1C(=O)O. The van der Waals surface area contributed by atoms with Crippen molar-refractivity contribution in [1.82, 2.24) is 0 Å². The van der Waals surface area contributed by atoms with Crippen LogP contribution in [0.3, 0.4) is 0 Å². The van der Waals surface area contributed by atoms with Crippen molar-refractivity contribution in [1.29, 1.82) is 0 Å². The number of carboxylic acid groups (broad SMARTS) is 1. The Balaban J connectivity index is 3.46. The molecule has 88 valence electrons. The third-order valence-electron chi connectivity index (χ3n) is 2.30. The number of aryl methyl sites for hydroxylation is 2. The second kappa shape index (κ2) is 4.83. The minimum Gasteiger partial charge on any atom is -0.478 e. The molecule has 1 rings (SSSR count). The summed E-state index contributed by atoms with van der Waals surface area (Å²) in [7, 11) is 1.21. The average Bonchev–Trinajstić information content (AvgIpc) is 2.66. The van der Waals surface area contributed by atoms with E-state index in [2.05, 4.69) is 4.74 Å². The fourth-order valence-electron chi connectivity index (χ4n) is 1.57. The second-order valence-electron chi connectivity index (χ2n) is 3.20. The molecule has 0 atom stereocenters. The normalized spacial score (nSPS) is 10.2. The van der Waals surface area contributed by atoms with Gasteiger partial charge in [-0.05, 0) is 0 Å². The van der Waals surface area contributed by atoms with Gasteiger partial charge in [-0.3, -0.25) is 0 Å². The summed E-state index contributed by atoms with van der Waals surface area (Å²) in [6, 6.07) is 0. The van der Waals surface area contributed by atoms with Gasteiger partial charge in [0.1, 0.15) is 22.6 Å². The summed E-state index contributed by atoms with van der Waals surface area (Å²) in [4.78, 5) is 22.6. The van der Waals surface area contributed by atoms with Crippen molar-refractivity contribution in [2.45, 2.75) is 26.7 Å². The molecule has 0 saturated carbocycles. The molecular formula is C11H14O5. The average molecular weight is 226 g/mol. The van der Waals surface area contributed by atoms with Crippen molar-refractivity contribution in [2.75, 3.05) is 7.11 Å². The molecule has 0 bridgehead atoms. The molecule has 1 aromatic rings. The number of esters is 1. The molecule has 1 N–H and O–H groups in total. The predicted molar refractivity (Wildman–Crippen MR) is 55.8 cm³/mol. The molecule has 0 spiro atoms. The highest BCUT2D eigenvalue weighted by atomic mass is 16.5. The van der Waals surface area contributed by atoms with Crippen molar-refractivity contribution < 1.29 is 23.8 Å². The number of carboxylic acids is 1. The van der Waals surface area contributed by atoms with Crippen LogP contribution in [0.5, 0.6) is 0 Å². The number of methoxy groups -OCH3 is 1. The summed E-state index contributed by atoms with van der Waals surface area (Å²) in [5, 5.41) is 9.06. The highest BCUT2D eigenvalue weighted by molar-refractivity contribution is 6.04. The van der Waals surface area contributed by atoms with Gasteiger partial charge in [0.15, 0.2) is 0 Å². The van der Waals surface area contributed by atoms with Crippen LogP contribution in [0, 0.1) is 0 Å². The molecule has 1 aromatic heterocycles.